The molecule has 2 unspecified atom stereocenters. The van der Waals surface area contributed by atoms with E-state index in [9.17, 15) is 24.3 Å². The van der Waals surface area contributed by atoms with Crippen LogP contribution in [0.5, 0.6) is 0 Å². The van der Waals surface area contributed by atoms with Crippen LogP contribution in [0.3, 0.4) is 0 Å². The number of benzene rings is 1. The highest BCUT2D eigenvalue weighted by Gasteiger charge is 2.32. The number of carbonyl (C=O) groups excluding carboxylic acids is 3. The minimum atomic E-state index is -1.32. The number of carboxylic acids is 1. The van der Waals surface area contributed by atoms with E-state index in [4.69, 9.17) is 4.74 Å². The largest absolute Gasteiger partial charge is 0.480 e. The lowest BCUT2D eigenvalue weighted by atomic mass is 9.94. The molecule has 0 aliphatic carbocycles. The summed E-state index contributed by atoms with van der Waals surface area (Å²) >= 11 is 0. The van der Waals surface area contributed by atoms with Gasteiger partial charge in [0.15, 0.2) is 0 Å². The van der Waals surface area contributed by atoms with Gasteiger partial charge in [-0.25, -0.2) is 9.59 Å². The number of nitrogens with one attached hydrogen (secondary N) is 2. The average molecular weight is 530 g/mol. The minimum Gasteiger partial charge on any atom is -0.480 e. The summed E-state index contributed by atoms with van der Waals surface area (Å²) < 4.78 is 5.67. The SMILES string of the molecule is C=CCCC(Cc1ccccc1)OC(=O)N[C@@H](CC(C)C)C(=O)N[C@@H](CC(CC=C)C(=O)N(C)C)C(=O)O. The molecule has 0 aromatic heterocycles. The van der Waals surface area contributed by atoms with Gasteiger partial charge in [-0.05, 0) is 43.6 Å². The summed E-state index contributed by atoms with van der Waals surface area (Å²) in [5.41, 5.74) is 1.01. The number of amides is 3. The van der Waals surface area contributed by atoms with Crippen molar-refractivity contribution in [2.75, 3.05) is 14.1 Å². The third-order valence-electron chi connectivity index (χ3n) is 5.96. The van der Waals surface area contributed by atoms with E-state index < -0.39 is 42.1 Å². The molecular formula is C29H43N3O6. The predicted molar refractivity (Wildman–Crippen MR) is 147 cm³/mol. The first-order valence-electron chi connectivity index (χ1n) is 13.0. The molecule has 4 atom stereocenters. The maximum absolute atomic E-state index is 13.1. The van der Waals surface area contributed by atoms with E-state index in [1.165, 1.54) is 4.90 Å². The fourth-order valence-corrected chi connectivity index (χ4v) is 4.06. The van der Waals surface area contributed by atoms with Gasteiger partial charge in [-0.3, -0.25) is 9.59 Å². The third kappa shape index (κ3) is 12.1. The van der Waals surface area contributed by atoms with Crippen molar-refractivity contribution in [3.8, 4) is 0 Å². The Kier molecular flexibility index (Phi) is 14.5. The standard InChI is InChI=1S/C29H43N3O6/c1-7-9-16-23(18-21-14-11-10-12-15-21)38-29(37)31-24(17-20(3)4)26(33)30-25(28(35)36)19-22(13-8-2)27(34)32(5)6/h7-8,10-12,14-15,20,22-25H,1-2,9,13,16-19H2,3-6H3,(H,30,33)(H,31,37)(H,35,36)/t22?,23?,24-,25-/m0/s1. The van der Waals surface area contributed by atoms with Crippen molar-refractivity contribution < 1.29 is 29.0 Å². The molecule has 0 aliphatic heterocycles. The third-order valence-corrected chi connectivity index (χ3v) is 5.96. The van der Waals surface area contributed by atoms with Gasteiger partial charge >= 0.3 is 12.1 Å². The van der Waals surface area contributed by atoms with E-state index in [2.05, 4.69) is 23.8 Å². The summed E-state index contributed by atoms with van der Waals surface area (Å²) in [6.45, 7) is 11.2. The van der Waals surface area contributed by atoms with Crippen molar-refractivity contribution in [1.29, 1.82) is 0 Å². The zero-order chi connectivity index (χ0) is 28.7. The molecule has 0 heterocycles. The van der Waals surface area contributed by atoms with Crippen molar-refractivity contribution in [3.05, 3.63) is 61.2 Å². The van der Waals surface area contributed by atoms with E-state index in [0.29, 0.717) is 19.3 Å². The molecule has 3 amide bonds. The van der Waals surface area contributed by atoms with E-state index in [1.54, 1.807) is 26.2 Å². The molecular weight excluding hydrogens is 486 g/mol. The molecule has 0 saturated carbocycles. The van der Waals surface area contributed by atoms with Crippen LogP contribution in [0.15, 0.2) is 55.6 Å². The van der Waals surface area contributed by atoms with Crippen molar-refractivity contribution >= 4 is 23.9 Å². The van der Waals surface area contributed by atoms with Crippen LogP contribution < -0.4 is 10.6 Å². The van der Waals surface area contributed by atoms with Crippen LogP contribution in [0, 0.1) is 11.8 Å². The normalized spacial score (nSPS) is 13.9. The molecule has 0 aliphatic rings. The highest BCUT2D eigenvalue weighted by molar-refractivity contribution is 5.89. The molecule has 3 N–H and O–H groups in total. The van der Waals surface area contributed by atoms with E-state index in [1.807, 2.05) is 44.2 Å². The predicted octanol–water partition coefficient (Wildman–Crippen LogP) is 3.94. The fraction of sp³-hybridized carbons (Fsp3) is 0.517. The molecule has 0 bridgehead atoms. The molecule has 0 radical (unpaired) electrons. The van der Waals surface area contributed by atoms with Crippen LogP contribution in [-0.2, 0) is 25.5 Å². The van der Waals surface area contributed by atoms with Gasteiger partial charge in [-0.15, -0.1) is 13.2 Å². The van der Waals surface area contributed by atoms with Crippen LogP contribution in [0.4, 0.5) is 4.79 Å². The number of hydrogen-bond donors (Lipinski definition) is 3. The summed E-state index contributed by atoms with van der Waals surface area (Å²) in [7, 11) is 3.17. The smallest absolute Gasteiger partial charge is 0.408 e. The number of hydrogen-bond acceptors (Lipinski definition) is 5. The number of ether oxygens (including phenoxy) is 1. The van der Waals surface area contributed by atoms with Gasteiger partial charge in [-0.1, -0.05) is 56.3 Å². The minimum absolute atomic E-state index is 0.0269. The van der Waals surface area contributed by atoms with Gasteiger partial charge < -0.3 is 25.4 Å². The summed E-state index contributed by atoms with van der Waals surface area (Å²) in [4.78, 5) is 51.8. The number of carbonyl (C=O) groups is 4. The Morgan fingerprint density at radius 2 is 1.66 bits per heavy atom. The first-order chi connectivity index (χ1) is 18.0. The topological polar surface area (TPSA) is 125 Å². The van der Waals surface area contributed by atoms with Gasteiger partial charge in [-0.2, -0.15) is 0 Å². The summed E-state index contributed by atoms with van der Waals surface area (Å²) in [5, 5.41) is 14.9. The second-order valence-electron chi connectivity index (χ2n) is 10.00. The molecule has 0 saturated heterocycles. The van der Waals surface area contributed by atoms with Crippen molar-refractivity contribution in [1.82, 2.24) is 15.5 Å². The second kappa shape index (κ2) is 17.0. The Morgan fingerprint density at radius 1 is 1.00 bits per heavy atom. The zero-order valence-corrected chi connectivity index (χ0v) is 23.0. The average Bonchev–Trinajstić information content (AvgIpc) is 2.85. The fourth-order valence-electron chi connectivity index (χ4n) is 4.06. The van der Waals surface area contributed by atoms with Gasteiger partial charge in [0.1, 0.15) is 18.2 Å². The monoisotopic (exact) mass is 529 g/mol. The van der Waals surface area contributed by atoms with Crippen molar-refractivity contribution in [2.24, 2.45) is 11.8 Å². The number of rotatable bonds is 17. The van der Waals surface area contributed by atoms with E-state index in [-0.39, 0.29) is 31.1 Å². The van der Waals surface area contributed by atoms with Crippen LogP contribution >= 0.6 is 0 Å². The quantitative estimate of drug-likeness (QED) is 0.263. The summed E-state index contributed by atoms with van der Waals surface area (Å²) in [6.07, 6.45) is 4.28. The molecule has 9 nitrogen and oxygen atoms in total. The molecule has 0 spiro atoms. The van der Waals surface area contributed by atoms with Crippen LogP contribution in [-0.4, -0.2) is 66.2 Å². The molecule has 1 aromatic rings. The maximum Gasteiger partial charge on any atom is 0.408 e. The maximum atomic E-state index is 13.1. The lowest BCUT2D eigenvalue weighted by Crippen LogP contribution is -2.53. The van der Waals surface area contributed by atoms with E-state index >= 15 is 0 Å². The number of nitrogens with zero attached hydrogens (tertiary/aromatic N) is 1. The molecule has 1 aromatic carbocycles. The highest BCUT2D eigenvalue weighted by Crippen LogP contribution is 2.17. The van der Waals surface area contributed by atoms with Gasteiger partial charge in [0.25, 0.3) is 0 Å². The molecule has 1 rings (SSSR count). The number of carboxylic acid groups (broad SMARTS) is 1. The van der Waals surface area contributed by atoms with Gasteiger partial charge in [0, 0.05) is 26.4 Å². The van der Waals surface area contributed by atoms with Gasteiger partial charge in [0.2, 0.25) is 11.8 Å². The Labute approximate surface area is 226 Å². The van der Waals surface area contributed by atoms with Crippen molar-refractivity contribution in [2.45, 2.75) is 70.6 Å². The number of allylic oxidation sites excluding steroid dienone is 2. The van der Waals surface area contributed by atoms with E-state index in [0.717, 1.165) is 5.56 Å². The number of aliphatic carboxylic acids is 1. The number of alkyl carbamates (subject to hydrolysis) is 1. The zero-order valence-electron chi connectivity index (χ0n) is 23.0. The molecule has 38 heavy (non-hydrogen) atoms. The molecule has 9 heteroatoms. The second-order valence-corrected chi connectivity index (χ2v) is 10.00. The lowest BCUT2D eigenvalue weighted by molar-refractivity contribution is -0.143. The highest BCUT2D eigenvalue weighted by atomic mass is 16.6. The molecule has 210 valence electrons. The first-order valence-corrected chi connectivity index (χ1v) is 13.0. The summed E-state index contributed by atoms with van der Waals surface area (Å²) in [6, 6.07) is 7.30. The Balaban J connectivity index is 2.97. The van der Waals surface area contributed by atoms with Gasteiger partial charge in [0.05, 0.1) is 0 Å². The first kappa shape index (κ1) is 32.4. The van der Waals surface area contributed by atoms with Crippen molar-refractivity contribution in [3.63, 3.8) is 0 Å². The Morgan fingerprint density at radius 3 is 2.18 bits per heavy atom. The van der Waals surface area contributed by atoms with Crippen LogP contribution in [0.2, 0.25) is 0 Å². The lowest BCUT2D eigenvalue weighted by Gasteiger charge is -2.26. The van der Waals surface area contributed by atoms with Crippen LogP contribution in [0.25, 0.3) is 0 Å². The Bertz CT molecular complexity index is 932. The van der Waals surface area contributed by atoms with Crippen LogP contribution in [0.1, 0.15) is 51.5 Å². The molecule has 0 fully saturated rings. The summed E-state index contributed by atoms with van der Waals surface area (Å²) in [5.74, 6) is -2.80. The Hall–Kier alpha value is -3.62.